The molecule has 2 heterocycles. The van der Waals surface area contributed by atoms with E-state index < -0.39 is 0 Å². The van der Waals surface area contributed by atoms with E-state index in [2.05, 4.69) is 59.7 Å². The number of benzene rings is 1. The fourth-order valence-electron chi connectivity index (χ4n) is 3.16. The Morgan fingerprint density at radius 2 is 1.71 bits per heavy atom. The number of para-hydroxylation sites is 1. The van der Waals surface area contributed by atoms with E-state index in [0.29, 0.717) is 17.0 Å². The van der Waals surface area contributed by atoms with Crippen LogP contribution in [0.15, 0.2) is 41.4 Å². The summed E-state index contributed by atoms with van der Waals surface area (Å²) in [6.45, 7) is 10.1. The molecular weight excluding hydrogens is 370 g/mol. The van der Waals surface area contributed by atoms with Gasteiger partial charge in [-0.15, -0.1) is 0 Å². The minimum atomic E-state index is 0.458. The van der Waals surface area contributed by atoms with E-state index in [1.54, 1.807) is 0 Å². The molecule has 0 saturated carbocycles. The van der Waals surface area contributed by atoms with Crippen LogP contribution in [0.5, 0.6) is 0 Å². The minimum absolute atomic E-state index is 0.458. The predicted molar refractivity (Wildman–Crippen MR) is 119 cm³/mol. The maximum absolute atomic E-state index is 5.35. The first-order valence-electron chi connectivity index (χ1n) is 9.56. The average Bonchev–Trinajstić information content (AvgIpc) is 2.68. The second kappa shape index (κ2) is 9.45. The summed E-state index contributed by atoms with van der Waals surface area (Å²) in [5, 5.41) is 6.82. The van der Waals surface area contributed by atoms with Gasteiger partial charge in [-0.1, -0.05) is 18.2 Å². The zero-order chi connectivity index (χ0) is 19.9. The molecule has 0 spiro atoms. The van der Waals surface area contributed by atoms with E-state index in [0.717, 1.165) is 44.1 Å². The van der Waals surface area contributed by atoms with E-state index in [9.17, 15) is 0 Å². The number of aryl methyl sites for hydroxylation is 2. The molecule has 2 N–H and O–H groups in total. The number of aromatic nitrogens is 2. The van der Waals surface area contributed by atoms with Crippen molar-refractivity contribution in [1.82, 2.24) is 20.2 Å². The predicted octanol–water partition coefficient (Wildman–Crippen LogP) is 2.58. The van der Waals surface area contributed by atoms with Gasteiger partial charge in [-0.2, -0.15) is 4.99 Å². The lowest BCUT2D eigenvalue weighted by Gasteiger charge is -2.37. The molecule has 0 atom stereocenters. The summed E-state index contributed by atoms with van der Waals surface area (Å²) in [5.74, 6) is 1.23. The molecular formula is C20H27N7S. The van der Waals surface area contributed by atoms with Crippen LogP contribution in [0.1, 0.15) is 18.3 Å². The Bertz CT molecular complexity index is 809. The highest BCUT2D eigenvalue weighted by Crippen LogP contribution is 2.16. The Morgan fingerprint density at radius 3 is 2.32 bits per heavy atom. The Hall–Kier alpha value is -2.74. The molecule has 28 heavy (non-hydrogen) atoms. The largest absolute Gasteiger partial charge is 0.368 e. The number of nitrogens with one attached hydrogen (secondary N) is 2. The molecule has 0 bridgehead atoms. The fourth-order valence-corrected chi connectivity index (χ4v) is 3.39. The van der Waals surface area contributed by atoms with Crippen LogP contribution in [0.25, 0.3) is 0 Å². The van der Waals surface area contributed by atoms with Gasteiger partial charge in [-0.25, -0.2) is 9.97 Å². The van der Waals surface area contributed by atoms with Gasteiger partial charge in [0, 0.05) is 49.8 Å². The van der Waals surface area contributed by atoms with Crippen molar-refractivity contribution >= 4 is 34.9 Å². The third-order valence-electron chi connectivity index (χ3n) is 4.44. The summed E-state index contributed by atoms with van der Waals surface area (Å²) in [6, 6.07) is 12.4. The van der Waals surface area contributed by atoms with Crippen LogP contribution in [0, 0.1) is 13.8 Å². The van der Waals surface area contributed by atoms with E-state index in [1.165, 1.54) is 5.69 Å². The minimum Gasteiger partial charge on any atom is -0.368 e. The van der Waals surface area contributed by atoms with E-state index in [-0.39, 0.29) is 0 Å². The third-order valence-corrected chi connectivity index (χ3v) is 4.68. The van der Waals surface area contributed by atoms with E-state index in [4.69, 9.17) is 12.2 Å². The molecule has 1 fully saturated rings. The first kappa shape index (κ1) is 20.0. The molecule has 7 nitrogen and oxygen atoms in total. The van der Waals surface area contributed by atoms with Crippen molar-refractivity contribution in [3.8, 4) is 0 Å². The monoisotopic (exact) mass is 397 g/mol. The van der Waals surface area contributed by atoms with Crippen molar-refractivity contribution in [3.63, 3.8) is 0 Å². The van der Waals surface area contributed by atoms with E-state index >= 15 is 0 Å². The smallest absolute Gasteiger partial charge is 0.229 e. The van der Waals surface area contributed by atoms with E-state index in [1.807, 2.05) is 32.9 Å². The molecule has 1 aliphatic rings. The van der Waals surface area contributed by atoms with Crippen LogP contribution < -0.4 is 15.5 Å². The zero-order valence-electron chi connectivity index (χ0n) is 16.6. The molecule has 2 aromatic rings. The van der Waals surface area contributed by atoms with Gasteiger partial charge in [-0.05, 0) is 51.2 Å². The molecule has 1 aromatic heterocycles. The number of nitrogens with zero attached hydrogens (tertiary/aromatic N) is 5. The maximum Gasteiger partial charge on any atom is 0.229 e. The molecule has 0 unspecified atom stereocenters. The molecule has 3 rings (SSSR count). The Morgan fingerprint density at radius 1 is 1.07 bits per heavy atom. The molecule has 1 aliphatic heterocycles. The highest BCUT2D eigenvalue weighted by Gasteiger charge is 2.21. The number of hydrogen-bond donors (Lipinski definition) is 2. The van der Waals surface area contributed by atoms with Crippen LogP contribution >= 0.6 is 12.2 Å². The number of hydrogen-bond acceptors (Lipinski definition) is 4. The summed E-state index contributed by atoms with van der Waals surface area (Å²) in [5.41, 5.74) is 3.07. The van der Waals surface area contributed by atoms with Gasteiger partial charge in [0.25, 0.3) is 0 Å². The normalized spacial score (nSPS) is 14.8. The van der Waals surface area contributed by atoms with Crippen molar-refractivity contribution in [2.45, 2.75) is 20.8 Å². The van der Waals surface area contributed by atoms with Gasteiger partial charge < -0.3 is 15.1 Å². The summed E-state index contributed by atoms with van der Waals surface area (Å²) in [6.07, 6.45) is 0. The lowest BCUT2D eigenvalue weighted by molar-refractivity contribution is 0.385. The summed E-state index contributed by atoms with van der Waals surface area (Å²) >= 11 is 5.35. The van der Waals surface area contributed by atoms with Crippen LogP contribution in [-0.2, 0) is 0 Å². The second-order valence-electron chi connectivity index (χ2n) is 6.68. The lowest BCUT2D eigenvalue weighted by atomic mass is 10.2. The molecule has 148 valence electrons. The quantitative estimate of drug-likeness (QED) is 0.469. The summed E-state index contributed by atoms with van der Waals surface area (Å²) < 4.78 is 0. The van der Waals surface area contributed by atoms with Crippen LogP contribution in [0.2, 0.25) is 0 Å². The topological polar surface area (TPSA) is 68.7 Å². The summed E-state index contributed by atoms with van der Waals surface area (Å²) in [7, 11) is 0. The lowest BCUT2D eigenvalue weighted by Crippen LogP contribution is -2.51. The number of rotatable bonds is 3. The maximum atomic E-state index is 5.35. The number of anilines is 2. The standard InChI is InChI=1S/C20H27N7S/c1-4-21-20(28)25-19(24-18-22-15(2)14-16(3)23-18)27-12-10-26(11-13-27)17-8-6-5-7-9-17/h5-9,14H,4,10-13H2,1-3H3,(H2,21,22,23,24,25,28). The number of piperazine rings is 1. The highest BCUT2D eigenvalue weighted by molar-refractivity contribution is 7.80. The van der Waals surface area contributed by atoms with Crippen molar-refractivity contribution in [2.24, 2.45) is 4.99 Å². The van der Waals surface area contributed by atoms with Crippen LogP contribution in [0.4, 0.5) is 11.6 Å². The van der Waals surface area contributed by atoms with Gasteiger partial charge in [0.1, 0.15) is 0 Å². The van der Waals surface area contributed by atoms with Crippen molar-refractivity contribution in [2.75, 3.05) is 42.9 Å². The second-order valence-corrected chi connectivity index (χ2v) is 7.07. The highest BCUT2D eigenvalue weighted by atomic mass is 32.1. The third kappa shape index (κ3) is 5.39. The van der Waals surface area contributed by atoms with Crippen LogP contribution in [0.3, 0.4) is 0 Å². The Kier molecular flexibility index (Phi) is 6.76. The van der Waals surface area contributed by atoms with Crippen molar-refractivity contribution < 1.29 is 0 Å². The van der Waals surface area contributed by atoms with Gasteiger partial charge in [0.2, 0.25) is 11.9 Å². The van der Waals surface area contributed by atoms with Crippen molar-refractivity contribution in [3.05, 3.63) is 47.8 Å². The van der Waals surface area contributed by atoms with Crippen LogP contribution in [-0.4, -0.2) is 58.7 Å². The SMILES string of the molecule is CCNC(=S)/N=C(/Nc1nc(C)cc(C)n1)N1CCN(c2ccccc2)CC1. The first-order chi connectivity index (χ1) is 13.5. The number of aliphatic imine (C=N–C) groups is 1. The van der Waals surface area contributed by atoms with Gasteiger partial charge in [0.05, 0.1) is 0 Å². The average molecular weight is 398 g/mol. The molecule has 0 amide bonds. The zero-order valence-corrected chi connectivity index (χ0v) is 17.5. The molecule has 0 radical (unpaired) electrons. The number of guanidine groups is 1. The molecule has 0 aliphatic carbocycles. The fraction of sp³-hybridized carbons (Fsp3) is 0.400. The first-order valence-corrected chi connectivity index (χ1v) is 9.96. The van der Waals surface area contributed by atoms with Gasteiger partial charge in [0.15, 0.2) is 5.11 Å². The van der Waals surface area contributed by atoms with Gasteiger partial charge >= 0.3 is 0 Å². The molecule has 1 saturated heterocycles. The number of thiocarbonyl (C=S) groups is 1. The Labute approximate surface area is 171 Å². The van der Waals surface area contributed by atoms with Gasteiger partial charge in [-0.3, -0.25) is 5.32 Å². The van der Waals surface area contributed by atoms with Crippen molar-refractivity contribution in [1.29, 1.82) is 0 Å². The summed E-state index contributed by atoms with van der Waals surface area (Å²) in [4.78, 5) is 18.1. The molecule has 8 heteroatoms. The molecule has 1 aromatic carbocycles. The Balaban J connectivity index is 1.75.